The summed E-state index contributed by atoms with van der Waals surface area (Å²) < 4.78 is 5.73. The molecule has 8 nitrogen and oxygen atoms in total. The number of benzene rings is 2. The lowest BCUT2D eigenvalue weighted by Crippen LogP contribution is -2.25. The molecule has 0 spiro atoms. The van der Waals surface area contributed by atoms with Crippen molar-refractivity contribution in [2.24, 2.45) is 0 Å². The van der Waals surface area contributed by atoms with Crippen molar-refractivity contribution in [2.75, 3.05) is 20.2 Å². The van der Waals surface area contributed by atoms with E-state index in [0.717, 1.165) is 36.3 Å². The second kappa shape index (κ2) is 9.40. The molecule has 168 valence electrons. The van der Waals surface area contributed by atoms with E-state index in [1.807, 2.05) is 32.2 Å². The fourth-order valence-corrected chi connectivity index (χ4v) is 3.94. The van der Waals surface area contributed by atoms with Crippen molar-refractivity contribution in [3.05, 3.63) is 52.7 Å². The van der Waals surface area contributed by atoms with E-state index in [4.69, 9.17) is 4.74 Å². The van der Waals surface area contributed by atoms with Crippen LogP contribution in [0.25, 0.3) is 10.9 Å². The summed E-state index contributed by atoms with van der Waals surface area (Å²) in [5, 5.41) is 21.0. The monoisotopic (exact) mass is 436 g/mol. The molecule has 0 fully saturated rings. The number of likely N-dealkylation sites (N-methyl/N-ethyl adjacent to an activating group) is 1. The van der Waals surface area contributed by atoms with Crippen LogP contribution in [0, 0.1) is 0 Å². The Labute approximate surface area is 186 Å². The predicted molar refractivity (Wildman–Crippen MR) is 121 cm³/mol. The van der Waals surface area contributed by atoms with Crippen molar-refractivity contribution < 1.29 is 19.4 Å². The Morgan fingerprint density at radius 1 is 1.22 bits per heavy atom. The molecule has 2 aromatic carbocycles. The van der Waals surface area contributed by atoms with Gasteiger partial charge < -0.3 is 20.1 Å². The summed E-state index contributed by atoms with van der Waals surface area (Å²) in [5.74, 6) is 0.282. The second-order valence-electron chi connectivity index (χ2n) is 8.06. The lowest BCUT2D eigenvalue weighted by atomic mass is 10.0. The molecule has 0 unspecified atom stereocenters. The molecule has 1 amide bonds. The van der Waals surface area contributed by atoms with Gasteiger partial charge in [0.05, 0.1) is 11.1 Å². The van der Waals surface area contributed by atoms with Gasteiger partial charge in [0.15, 0.2) is 5.78 Å². The summed E-state index contributed by atoms with van der Waals surface area (Å²) in [6, 6.07) is 8.88. The van der Waals surface area contributed by atoms with E-state index in [-0.39, 0.29) is 23.0 Å². The minimum atomic E-state index is -0.286. The van der Waals surface area contributed by atoms with Crippen LogP contribution in [-0.4, -0.2) is 52.1 Å². The first kappa shape index (κ1) is 21.8. The molecule has 0 saturated heterocycles. The molecule has 4 rings (SSSR count). The van der Waals surface area contributed by atoms with Crippen LogP contribution in [0.5, 0.6) is 11.5 Å². The number of phenolic OH excluding ortho intramolecular Hbond substituents is 1. The molecule has 8 heteroatoms. The van der Waals surface area contributed by atoms with Gasteiger partial charge in [0.25, 0.3) is 5.91 Å². The van der Waals surface area contributed by atoms with Crippen LogP contribution in [0.15, 0.2) is 30.3 Å². The maximum Gasteiger partial charge on any atom is 0.258 e. The molecule has 1 aliphatic rings. The average molecular weight is 437 g/mol. The number of fused-ring (bicyclic) bond motifs is 2. The number of nitrogens with zero attached hydrogens (tertiary/aromatic N) is 2. The predicted octanol–water partition coefficient (Wildman–Crippen LogP) is 3.40. The molecule has 1 aliphatic heterocycles. The highest BCUT2D eigenvalue weighted by Gasteiger charge is 2.27. The fourth-order valence-electron chi connectivity index (χ4n) is 3.94. The van der Waals surface area contributed by atoms with E-state index in [0.29, 0.717) is 42.7 Å². The number of phenols is 1. The highest BCUT2D eigenvalue weighted by molar-refractivity contribution is 6.09. The molecule has 32 heavy (non-hydrogen) atoms. The summed E-state index contributed by atoms with van der Waals surface area (Å²) in [5.41, 5.74) is 3.10. The SMILES string of the molecule is CCCCC(=O)c1n[nH]c2cc(O)c(C(=O)N3Cc4ccc(OCCNC)cc4C3)cc12. The third-order valence-electron chi connectivity index (χ3n) is 5.74. The largest absolute Gasteiger partial charge is 0.507 e. The third-order valence-corrected chi connectivity index (χ3v) is 5.74. The first-order chi connectivity index (χ1) is 15.5. The van der Waals surface area contributed by atoms with Crippen LogP contribution in [0.3, 0.4) is 0 Å². The van der Waals surface area contributed by atoms with Gasteiger partial charge in [-0.3, -0.25) is 14.7 Å². The van der Waals surface area contributed by atoms with Gasteiger partial charge in [-0.15, -0.1) is 0 Å². The number of aromatic nitrogens is 2. The molecule has 0 atom stereocenters. The molecular formula is C24H28N4O4. The van der Waals surface area contributed by atoms with Crippen LogP contribution in [0.2, 0.25) is 0 Å². The van der Waals surface area contributed by atoms with Gasteiger partial charge in [0.2, 0.25) is 0 Å². The second-order valence-corrected chi connectivity index (χ2v) is 8.06. The molecule has 3 aromatic rings. The minimum Gasteiger partial charge on any atom is -0.507 e. The molecule has 1 aromatic heterocycles. The van der Waals surface area contributed by atoms with Crippen LogP contribution >= 0.6 is 0 Å². The van der Waals surface area contributed by atoms with Gasteiger partial charge in [-0.25, -0.2) is 0 Å². The van der Waals surface area contributed by atoms with Crippen molar-refractivity contribution in [1.29, 1.82) is 0 Å². The van der Waals surface area contributed by atoms with Crippen molar-refractivity contribution in [1.82, 2.24) is 20.4 Å². The molecule has 0 aliphatic carbocycles. The van der Waals surface area contributed by atoms with Gasteiger partial charge in [0.1, 0.15) is 23.8 Å². The van der Waals surface area contributed by atoms with Gasteiger partial charge in [0, 0.05) is 37.5 Å². The number of Topliss-reactive ketones (excluding diaryl/α,β-unsaturated/α-hetero) is 1. The number of ketones is 1. The smallest absolute Gasteiger partial charge is 0.258 e. The zero-order chi connectivity index (χ0) is 22.7. The van der Waals surface area contributed by atoms with Gasteiger partial charge in [-0.2, -0.15) is 5.10 Å². The van der Waals surface area contributed by atoms with Gasteiger partial charge in [-0.05, 0) is 42.8 Å². The van der Waals surface area contributed by atoms with E-state index in [2.05, 4.69) is 15.5 Å². The maximum absolute atomic E-state index is 13.3. The minimum absolute atomic E-state index is 0.0680. The normalized spacial score (nSPS) is 12.9. The Kier molecular flexibility index (Phi) is 6.41. The number of hydrogen-bond acceptors (Lipinski definition) is 6. The van der Waals surface area contributed by atoms with Crippen LogP contribution in [-0.2, 0) is 13.1 Å². The average Bonchev–Trinajstić information content (AvgIpc) is 3.40. The van der Waals surface area contributed by atoms with Crippen molar-refractivity contribution >= 4 is 22.6 Å². The summed E-state index contributed by atoms with van der Waals surface area (Å²) in [6.07, 6.45) is 2.10. The number of aromatic hydroxyl groups is 1. The first-order valence-corrected chi connectivity index (χ1v) is 10.9. The number of amides is 1. The first-order valence-electron chi connectivity index (χ1n) is 10.9. The number of ether oxygens (including phenoxy) is 1. The zero-order valence-corrected chi connectivity index (χ0v) is 18.4. The van der Waals surface area contributed by atoms with Gasteiger partial charge >= 0.3 is 0 Å². The maximum atomic E-state index is 13.3. The van der Waals surface area contributed by atoms with E-state index in [1.165, 1.54) is 6.07 Å². The van der Waals surface area contributed by atoms with Crippen molar-refractivity contribution in [3.8, 4) is 11.5 Å². The Morgan fingerprint density at radius 3 is 2.81 bits per heavy atom. The summed E-state index contributed by atoms with van der Waals surface area (Å²) in [6.45, 7) is 4.23. The molecule has 0 saturated carbocycles. The third kappa shape index (κ3) is 4.31. The Morgan fingerprint density at radius 2 is 2.03 bits per heavy atom. The number of nitrogens with one attached hydrogen (secondary N) is 2. The van der Waals surface area contributed by atoms with Crippen molar-refractivity contribution in [2.45, 2.75) is 39.3 Å². The van der Waals surface area contributed by atoms with E-state index in [9.17, 15) is 14.7 Å². The Balaban J connectivity index is 1.55. The van der Waals surface area contributed by atoms with E-state index in [1.54, 1.807) is 11.0 Å². The quantitative estimate of drug-likeness (QED) is 0.351. The van der Waals surface area contributed by atoms with Crippen LogP contribution in [0.4, 0.5) is 0 Å². The summed E-state index contributed by atoms with van der Waals surface area (Å²) >= 11 is 0. The molecule has 0 bridgehead atoms. The topological polar surface area (TPSA) is 108 Å². The Bertz CT molecular complexity index is 1150. The fraction of sp³-hybridized carbons (Fsp3) is 0.375. The summed E-state index contributed by atoms with van der Waals surface area (Å²) in [4.78, 5) is 27.5. The standard InChI is InChI=1S/C24H28N4O4/c1-3-4-5-21(29)23-18-11-19(22(30)12-20(18)26-27-23)24(31)28-13-15-6-7-17(10-16(15)14-28)32-9-8-25-2/h6-7,10-12,25,30H,3-5,8-9,13-14H2,1-2H3,(H,26,27). The van der Waals surface area contributed by atoms with Crippen LogP contribution in [0.1, 0.15) is 58.2 Å². The summed E-state index contributed by atoms with van der Waals surface area (Å²) in [7, 11) is 1.87. The number of hydrogen-bond donors (Lipinski definition) is 3. The zero-order valence-electron chi connectivity index (χ0n) is 18.4. The van der Waals surface area contributed by atoms with E-state index < -0.39 is 0 Å². The highest BCUT2D eigenvalue weighted by atomic mass is 16.5. The molecule has 0 radical (unpaired) electrons. The number of unbranched alkanes of at least 4 members (excludes halogenated alkanes) is 1. The number of carbonyl (C=O) groups excluding carboxylic acids is 2. The molecular weight excluding hydrogens is 408 g/mol. The molecule has 2 heterocycles. The number of aromatic amines is 1. The Hall–Kier alpha value is -3.39. The number of H-pyrrole nitrogens is 1. The van der Waals surface area contributed by atoms with Crippen molar-refractivity contribution in [3.63, 3.8) is 0 Å². The lowest BCUT2D eigenvalue weighted by Gasteiger charge is -2.16. The molecule has 3 N–H and O–H groups in total. The number of rotatable bonds is 9. The number of carbonyl (C=O) groups is 2. The van der Waals surface area contributed by atoms with Crippen LogP contribution < -0.4 is 10.1 Å². The van der Waals surface area contributed by atoms with E-state index >= 15 is 0 Å². The lowest BCUT2D eigenvalue weighted by molar-refractivity contribution is 0.0748. The van der Waals surface area contributed by atoms with Gasteiger partial charge in [-0.1, -0.05) is 19.4 Å². The highest BCUT2D eigenvalue weighted by Crippen LogP contribution is 2.32.